The van der Waals surface area contributed by atoms with Crippen LogP contribution in [0.25, 0.3) is 0 Å². The summed E-state index contributed by atoms with van der Waals surface area (Å²) < 4.78 is 0. The molecule has 0 spiro atoms. The van der Waals surface area contributed by atoms with Gasteiger partial charge in [0.25, 0.3) is 5.91 Å². The summed E-state index contributed by atoms with van der Waals surface area (Å²) in [6, 6.07) is 1.42. The van der Waals surface area contributed by atoms with E-state index in [0.717, 1.165) is 12.8 Å². The van der Waals surface area contributed by atoms with Gasteiger partial charge in [0, 0.05) is 6.20 Å². The van der Waals surface area contributed by atoms with E-state index in [1.807, 2.05) is 0 Å². The van der Waals surface area contributed by atoms with Gasteiger partial charge in [-0.3, -0.25) is 9.78 Å². The second kappa shape index (κ2) is 5.13. The fraction of sp³-hybridized carbons (Fsp3) is 0.417. The minimum absolute atomic E-state index is 0.00750. The molecule has 19 heavy (non-hydrogen) atoms. The molecule has 0 unspecified atom stereocenters. The Morgan fingerprint density at radius 1 is 1.47 bits per heavy atom. The van der Waals surface area contributed by atoms with Crippen LogP contribution in [0.3, 0.4) is 0 Å². The van der Waals surface area contributed by atoms with Crippen LogP contribution in [0.1, 0.15) is 36.0 Å². The molecule has 1 aliphatic rings. The number of carbonyl (C=O) groups is 1. The number of aromatic nitrogens is 1. The zero-order valence-corrected chi connectivity index (χ0v) is 10.3. The highest BCUT2D eigenvalue weighted by Gasteiger charge is 2.40. The first kappa shape index (κ1) is 13.1. The first-order valence-electron chi connectivity index (χ1n) is 6.02. The Labute approximate surface area is 110 Å². The van der Waals surface area contributed by atoms with Crippen LogP contribution < -0.4 is 11.1 Å². The fourth-order valence-corrected chi connectivity index (χ4v) is 2.38. The number of hydrogen-bond donors (Lipinski definition) is 4. The Kier molecular flexibility index (Phi) is 3.55. The zero-order valence-electron chi connectivity index (χ0n) is 10.3. The van der Waals surface area contributed by atoms with Crippen LogP contribution in [0.5, 0.6) is 5.75 Å². The molecule has 1 amide bonds. The molecule has 0 bridgehead atoms. The molecule has 1 heterocycles. The summed E-state index contributed by atoms with van der Waals surface area (Å²) in [5, 5.41) is 24.2. The summed E-state index contributed by atoms with van der Waals surface area (Å²) in [7, 11) is 0. The minimum atomic E-state index is -0.832. The summed E-state index contributed by atoms with van der Waals surface area (Å²) in [6.45, 7) is 0. The van der Waals surface area contributed by atoms with Crippen molar-refractivity contribution < 1.29 is 15.1 Å². The van der Waals surface area contributed by atoms with E-state index in [-0.39, 0.29) is 17.1 Å². The molecule has 0 atom stereocenters. The Morgan fingerprint density at radius 2 is 2.16 bits per heavy atom. The first-order chi connectivity index (χ1) is 9.09. The van der Waals surface area contributed by atoms with Gasteiger partial charge in [0.1, 0.15) is 11.3 Å². The summed E-state index contributed by atoms with van der Waals surface area (Å²) >= 11 is 0. The number of oxime groups is 1. The first-order valence-corrected chi connectivity index (χ1v) is 6.02. The molecule has 1 aliphatic carbocycles. The van der Waals surface area contributed by atoms with Crippen LogP contribution in [0, 0.1) is 0 Å². The summed E-state index contributed by atoms with van der Waals surface area (Å²) in [5.74, 6) is -0.673. The van der Waals surface area contributed by atoms with Crippen molar-refractivity contribution >= 4 is 11.7 Å². The van der Waals surface area contributed by atoms with Crippen molar-refractivity contribution in [2.24, 2.45) is 10.9 Å². The van der Waals surface area contributed by atoms with Gasteiger partial charge in [-0.25, -0.2) is 0 Å². The monoisotopic (exact) mass is 264 g/mol. The Balaban J connectivity index is 2.24. The van der Waals surface area contributed by atoms with Gasteiger partial charge in [-0.2, -0.15) is 0 Å². The number of hydrogen-bond acceptors (Lipinski definition) is 5. The van der Waals surface area contributed by atoms with Gasteiger partial charge in [0.2, 0.25) is 0 Å². The van der Waals surface area contributed by atoms with Crippen molar-refractivity contribution in [1.29, 1.82) is 0 Å². The predicted molar refractivity (Wildman–Crippen MR) is 68.0 cm³/mol. The largest absolute Gasteiger partial charge is 0.505 e. The number of carbonyl (C=O) groups excluding carboxylic acids is 1. The quantitative estimate of drug-likeness (QED) is 0.275. The highest BCUT2D eigenvalue weighted by Crippen LogP contribution is 2.30. The molecule has 0 radical (unpaired) electrons. The van der Waals surface area contributed by atoms with E-state index in [1.165, 1.54) is 18.5 Å². The van der Waals surface area contributed by atoms with Gasteiger partial charge >= 0.3 is 0 Å². The number of nitrogens with one attached hydrogen (secondary N) is 1. The van der Waals surface area contributed by atoms with Crippen LogP contribution in [0.15, 0.2) is 23.6 Å². The molecule has 5 N–H and O–H groups in total. The minimum Gasteiger partial charge on any atom is -0.505 e. The second-order valence-electron chi connectivity index (χ2n) is 4.62. The van der Waals surface area contributed by atoms with Gasteiger partial charge in [0.05, 0.1) is 11.8 Å². The number of nitrogens with two attached hydrogens (primary N) is 1. The molecule has 1 saturated carbocycles. The lowest BCUT2D eigenvalue weighted by Gasteiger charge is -2.28. The molecule has 0 aromatic carbocycles. The molecule has 7 heteroatoms. The predicted octanol–water partition coefficient (Wildman–Crippen LogP) is 0.576. The third-order valence-electron chi connectivity index (χ3n) is 3.45. The number of amides is 1. The third-order valence-corrected chi connectivity index (χ3v) is 3.45. The molecule has 0 aliphatic heterocycles. The number of nitrogens with zero attached hydrogens (tertiary/aromatic N) is 2. The van der Waals surface area contributed by atoms with E-state index >= 15 is 0 Å². The van der Waals surface area contributed by atoms with Gasteiger partial charge in [0.15, 0.2) is 5.84 Å². The molecular formula is C12H16N4O3. The van der Waals surface area contributed by atoms with Crippen LogP contribution in [-0.4, -0.2) is 32.6 Å². The van der Waals surface area contributed by atoms with Crippen molar-refractivity contribution in [3.05, 3.63) is 24.0 Å². The average Bonchev–Trinajstić information content (AvgIpc) is 2.88. The highest BCUT2D eigenvalue weighted by atomic mass is 16.4. The Bertz CT molecular complexity index is 509. The van der Waals surface area contributed by atoms with E-state index in [9.17, 15) is 9.90 Å². The van der Waals surface area contributed by atoms with Gasteiger partial charge in [-0.05, 0) is 18.9 Å². The number of rotatable bonds is 3. The van der Waals surface area contributed by atoms with Crippen molar-refractivity contribution in [3.8, 4) is 5.75 Å². The fourth-order valence-electron chi connectivity index (χ4n) is 2.38. The lowest BCUT2D eigenvalue weighted by Crippen LogP contribution is -2.55. The number of aromatic hydroxyl groups is 1. The van der Waals surface area contributed by atoms with Crippen LogP contribution in [0.4, 0.5) is 0 Å². The van der Waals surface area contributed by atoms with Gasteiger partial charge in [-0.15, -0.1) is 0 Å². The van der Waals surface area contributed by atoms with Crippen molar-refractivity contribution in [1.82, 2.24) is 10.3 Å². The maximum atomic E-state index is 12.2. The smallest absolute Gasteiger partial charge is 0.255 e. The molecule has 1 fully saturated rings. The zero-order chi connectivity index (χ0) is 13.9. The standard InChI is InChI=1S/C12H16N4O3/c13-11(16-19)12(4-1-2-5-12)15-10(18)8-3-6-14-7-9(8)17/h3,6-7,17,19H,1-2,4-5H2,(H2,13,16)(H,15,18). The van der Waals surface area contributed by atoms with Crippen molar-refractivity contribution in [3.63, 3.8) is 0 Å². The maximum absolute atomic E-state index is 12.2. The normalized spacial score (nSPS) is 18.2. The molecule has 7 nitrogen and oxygen atoms in total. The van der Waals surface area contributed by atoms with Crippen LogP contribution in [-0.2, 0) is 0 Å². The molecule has 1 aromatic heterocycles. The third kappa shape index (κ3) is 2.44. The second-order valence-corrected chi connectivity index (χ2v) is 4.62. The lowest BCUT2D eigenvalue weighted by atomic mass is 9.95. The highest BCUT2D eigenvalue weighted by molar-refractivity contribution is 6.01. The van der Waals surface area contributed by atoms with Crippen LogP contribution in [0.2, 0.25) is 0 Å². The average molecular weight is 264 g/mol. The molecule has 0 saturated heterocycles. The van der Waals surface area contributed by atoms with E-state index in [2.05, 4.69) is 15.5 Å². The summed E-state index contributed by atoms with van der Waals surface area (Å²) in [5.41, 5.74) is 4.97. The SMILES string of the molecule is N/C(=N/O)C1(NC(=O)c2ccncc2O)CCCC1. The maximum Gasteiger partial charge on any atom is 0.255 e. The number of amidine groups is 1. The van der Waals surface area contributed by atoms with Gasteiger partial charge < -0.3 is 21.4 Å². The van der Waals surface area contributed by atoms with Crippen molar-refractivity contribution in [2.45, 2.75) is 31.2 Å². The van der Waals surface area contributed by atoms with E-state index in [0.29, 0.717) is 12.8 Å². The van der Waals surface area contributed by atoms with E-state index in [4.69, 9.17) is 10.9 Å². The van der Waals surface area contributed by atoms with Gasteiger partial charge in [-0.1, -0.05) is 18.0 Å². The molecule has 2 rings (SSSR count). The van der Waals surface area contributed by atoms with E-state index in [1.54, 1.807) is 0 Å². The number of pyridine rings is 1. The van der Waals surface area contributed by atoms with Crippen LogP contribution >= 0.6 is 0 Å². The Hall–Kier alpha value is -2.31. The summed E-state index contributed by atoms with van der Waals surface area (Å²) in [4.78, 5) is 15.9. The molecule has 1 aromatic rings. The topological polar surface area (TPSA) is 121 Å². The Morgan fingerprint density at radius 3 is 2.74 bits per heavy atom. The summed E-state index contributed by atoms with van der Waals surface area (Å²) in [6.07, 6.45) is 5.61. The lowest BCUT2D eigenvalue weighted by molar-refractivity contribution is 0.0920. The van der Waals surface area contributed by atoms with Crippen molar-refractivity contribution in [2.75, 3.05) is 0 Å². The molecule has 102 valence electrons. The molecular weight excluding hydrogens is 248 g/mol. The van der Waals surface area contributed by atoms with E-state index < -0.39 is 11.4 Å².